The van der Waals surface area contributed by atoms with Gasteiger partial charge in [0.05, 0.1) is 48.0 Å². The zero-order valence-corrected chi connectivity index (χ0v) is 33.4. The molecule has 2 aliphatic rings. The Hall–Kier alpha value is -6.89. The van der Waals surface area contributed by atoms with Crippen LogP contribution in [0.15, 0.2) is 125 Å². The number of morpholine rings is 1. The molecule has 1 aromatic heterocycles. The number of benzene rings is 6. The number of carbonyl (C=O) groups is 2. The molecular weight excluding hydrogens is 741 g/mol. The molecule has 0 unspecified atom stereocenters. The number of nitrogens with one attached hydrogen (secondary N) is 2. The molecule has 2 aliphatic heterocycles. The average Bonchev–Trinajstić information content (AvgIpc) is 3.26. The van der Waals surface area contributed by atoms with E-state index >= 15 is 0 Å². The van der Waals surface area contributed by atoms with E-state index in [9.17, 15) is 9.59 Å². The van der Waals surface area contributed by atoms with Crippen LogP contribution in [0.3, 0.4) is 0 Å². The van der Waals surface area contributed by atoms with Crippen molar-refractivity contribution in [2.75, 3.05) is 93.4 Å². The normalized spacial score (nSPS) is 14.7. The number of para-hydroxylation sites is 4. The fourth-order valence-electron chi connectivity index (χ4n) is 7.90. The summed E-state index contributed by atoms with van der Waals surface area (Å²) < 4.78 is 12.0. The first-order valence-electron chi connectivity index (χ1n) is 19.8. The highest BCUT2D eigenvalue weighted by Crippen LogP contribution is 2.37. The maximum absolute atomic E-state index is 13.8. The SMILES string of the molecule is CN(C)c1ccc2c(=Nc3ccccc3N)c3ccc(N(C)CNc4ccccc4Nc4ccc5c6c(cccc46)C(=O)N(CCN4CCOCC4)C5=O)cc3oc2c1. The van der Waals surface area contributed by atoms with E-state index in [2.05, 4.69) is 32.6 Å². The van der Waals surface area contributed by atoms with Gasteiger partial charge < -0.3 is 35.3 Å². The van der Waals surface area contributed by atoms with Crippen LogP contribution < -0.4 is 31.5 Å². The highest BCUT2D eigenvalue weighted by Gasteiger charge is 2.33. The summed E-state index contributed by atoms with van der Waals surface area (Å²) in [6, 6.07) is 37.3. The quantitative estimate of drug-likeness (QED) is 0.0517. The number of amides is 2. The number of hydrogen-bond donors (Lipinski definition) is 3. The van der Waals surface area contributed by atoms with Gasteiger partial charge in [-0.2, -0.15) is 0 Å². The number of fused-ring (bicyclic) bond motifs is 2. The van der Waals surface area contributed by atoms with E-state index < -0.39 is 0 Å². The van der Waals surface area contributed by atoms with Crippen LogP contribution in [0.1, 0.15) is 20.7 Å². The van der Waals surface area contributed by atoms with E-state index in [-0.39, 0.29) is 11.8 Å². The van der Waals surface area contributed by atoms with E-state index in [4.69, 9.17) is 19.9 Å². The second-order valence-corrected chi connectivity index (χ2v) is 15.2. The largest absolute Gasteiger partial charge is 0.456 e. The molecule has 4 N–H and O–H groups in total. The lowest BCUT2D eigenvalue weighted by Gasteiger charge is -2.31. The van der Waals surface area contributed by atoms with Crippen LogP contribution in [0.4, 0.5) is 39.8 Å². The first-order chi connectivity index (χ1) is 28.7. The second kappa shape index (κ2) is 15.8. The fourth-order valence-corrected chi connectivity index (χ4v) is 7.90. The predicted molar refractivity (Wildman–Crippen MR) is 237 cm³/mol. The van der Waals surface area contributed by atoms with Crippen molar-refractivity contribution < 1.29 is 18.7 Å². The monoisotopic (exact) mass is 786 g/mol. The summed E-state index contributed by atoms with van der Waals surface area (Å²) in [5, 5.41) is 11.3. The molecule has 0 saturated carbocycles. The minimum Gasteiger partial charge on any atom is -0.456 e. The summed E-state index contributed by atoms with van der Waals surface area (Å²) in [6.07, 6.45) is 0. The van der Waals surface area contributed by atoms with Gasteiger partial charge in [0.2, 0.25) is 0 Å². The van der Waals surface area contributed by atoms with Gasteiger partial charge in [0, 0.05) is 109 Å². The Kier molecular flexibility index (Phi) is 10.1. The number of hydrogen-bond acceptors (Lipinski definition) is 11. The zero-order valence-electron chi connectivity index (χ0n) is 33.4. The van der Waals surface area contributed by atoms with Gasteiger partial charge in [-0.15, -0.1) is 0 Å². The lowest BCUT2D eigenvalue weighted by Crippen LogP contribution is -2.46. The summed E-state index contributed by atoms with van der Waals surface area (Å²) in [4.78, 5) is 40.4. The number of ether oxygens (including phenoxy) is 1. The highest BCUT2D eigenvalue weighted by atomic mass is 16.5. The van der Waals surface area contributed by atoms with Crippen LogP contribution in [0.25, 0.3) is 32.7 Å². The van der Waals surface area contributed by atoms with Crippen LogP contribution in [-0.4, -0.2) is 88.8 Å². The van der Waals surface area contributed by atoms with E-state index in [1.165, 1.54) is 4.90 Å². The van der Waals surface area contributed by atoms with E-state index in [0.717, 1.165) is 68.6 Å². The van der Waals surface area contributed by atoms with Gasteiger partial charge in [-0.1, -0.05) is 36.4 Å². The molecule has 0 radical (unpaired) electrons. The minimum absolute atomic E-state index is 0.261. The molecule has 0 bridgehead atoms. The van der Waals surface area contributed by atoms with Crippen molar-refractivity contribution in [3.63, 3.8) is 0 Å². The minimum atomic E-state index is -0.261. The molecule has 12 nitrogen and oxygen atoms in total. The van der Waals surface area contributed by atoms with Crippen molar-refractivity contribution in [3.05, 3.63) is 132 Å². The van der Waals surface area contributed by atoms with Crippen LogP contribution in [-0.2, 0) is 4.74 Å². The van der Waals surface area contributed by atoms with E-state index in [1.807, 2.05) is 129 Å². The van der Waals surface area contributed by atoms with Crippen molar-refractivity contribution in [1.29, 1.82) is 0 Å². The van der Waals surface area contributed by atoms with Crippen LogP contribution >= 0.6 is 0 Å². The smallest absolute Gasteiger partial charge is 0.261 e. The maximum Gasteiger partial charge on any atom is 0.261 e. The Morgan fingerprint density at radius 1 is 0.695 bits per heavy atom. The number of imide groups is 1. The molecule has 1 saturated heterocycles. The second-order valence-electron chi connectivity index (χ2n) is 15.2. The molecule has 12 heteroatoms. The Labute approximate surface area is 342 Å². The van der Waals surface area contributed by atoms with Gasteiger partial charge >= 0.3 is 0 Å². The lowest BCUT2D eigenvalue weighted by molar-refractivity contribution is 0.0316. The van der Waals surface area contributed by atoms with E-state index in [0.29, 0.717) is 66.4 Å². The predicted octanol–water partition coefficient (Wildman–Crippen LogP) is 7.80. The van der Waals surface area contributed by atoms with Crippen molar-refractivity contribution in [3.8, 4) is 0 Å². The number of rotatable bonds is 11. The average molecular weight is 787 g/mol. The van der Waals surface area contributed by atoms with Crippen molar-refractivity contribution >= 4 is 84.3 Å². The fraction of sp³-hybridized carbons (Fsp3) is 0.213. The molecule has 7 aromatic rings. The third-order valence-electron chi connectivity index (χ3n) is 11.2. The summed E-state index contributed by atoms with van der Waals surface area (Å²) in [5.74, 6) is -0.522. The molecule has 6 aromatic carbocycles. The third kappa shape index (κ3) is 7.28. The Balaban J connectivity index is 0.972. The van der Waals surface area contributed by atoms with Crippen molar-refractivity contribution in [2.24, 2.45) is 4.99 Å². The Bertz CT molecular complexity index is 2810. The maximum atomic E-state index is 13.8. The number of nitrogens with two attached hydrogens (primary N) is 1. The number of anilines is 6. The molecule has 0 spiro atoms. The Morgan fingerprint density at radius 3 is 2.12 bits per heavy atom. The van der Waals surface area contributed by atoms with Crippen LogP contribution in [0.5, 0.6) is 0 Å². The number of carbonyl (C=O) groups excluding carboxylic acids is 2. The molecule has 2 amide bonds. The van der Waals surface area contributed by atoms with E-state index in [1.54, 1.807) is 0 Å². The van der Waals surface area contributed by atoms with Crippen molar-refractivity contribution in [2.45, 2.75) is 0 Å². The first-order valence-corrected chi connectivity index (χ1v) is 19.8. The molecule has 3 heterocycles. The van der Waals surface area contributed by atoms with Gasteiger partial charge in [0.1, 0.15) is 11.2 Å². The molecule has 9 rings (SSSR count). The first kappa shape index (κ1) is 37.7. The van der Waals surface area contributed by atoms with Gasteiger partial charge in [-0.25, -0.2) is 4.99 Å². The van der Waals surface area contributed by atoms with Gasteiger partial charge in [0.25, 0.3) is 11.8 Å². The molecule has 0 atom stereocenters. The van der Waals surface area contributed by atoms with Crippen LogP contribution in [0, 0.1) is 0 Å². The molecule has 0 aliphatic carbocycles. The van der Waals surface area contributed by atoms with Crippen molar-refractivity contribution in [1.82, 2.24) is 9.80 Å². The Morgan fingerprint density at radius 2 is 1.37 bits per heavy atom. The molecular formula is C47H46N8O4. The topological polar surface area (TPSA) is 132 Å². The summed E-state index contributed by atoms with van der Waals surface area (Å²) >= 11 is 0. The summed E-state index contributed by atoms with van der Waals surface area (Å²) in [5.41, 5.74) is 14.6. The highest BCUT2D eigenvalue weighted by molar-refractivity contribution is 6.27. The summed E-state index contributed by atoms with van der Waals surface area (Å²) in [7, 11) is 6.03. The standard InChI is InChI=1S/C47H46N8O4/c1-52(2)30-15-17-33-42(27-30)59-43-28-31(16-18-34(43)45(33)51-39-12-5-4-11-37(39)48)53(3)29-49-40-13-6-7-14-41(40)50-38-20-19-36-44-32(38)9-8-10-35(44)46(56)55(47(36)57)22-21-54-23-25-58-26-24-54/h4-20,27-28,49-50H,21-26,29,48H2,1-3H3. The summed E-state index contributed by atoms with van der Waals surface area (Å²) in [6.45, 7) is 4.36. The van der Waals surface area contributed by atoms with Gasteiger partial charge in [-0.05, 0) is 66.7 Å². The molecule has 1 fully saturated rings. The molecule has 59 heavy (non-hydrogen) atoms. The zero-order chi connectivity index (χ0) is 40.6. The lowest BCUT2D eigenvalue weighted by atomic mass is 9.93. The van der Waals surface area contributed by atoms with Gasteiger partial charge in [-0.3, -0.25) is 19.4 Å². The van der Waals surface area contributed by atoms with Gasteiger partial charge in [0.15, 0.2) is 0 Å². The van der Waals surface area contributed by atoms with Crippen LogP contribution in [0.2, 0.25) is 0 Å². The number of nitrogen functional groups attached to an aromatic ring is 1. The third-order valence-corrected chi connectivity index (χ3v) is 11.2. The molecule has 298 valence electrons. The number of nitrogens with zero attached hydrogens (tertiary/aromatic N) is 5.